The van der Waals surface area contributed by atoms with Gasteiger partial charge in [0.1, 0.15) is 0 Å². The van der Waals surface area contributed by atoms with Crippen LogP contribution in [0.15, 0.2) is 0 Å². The molecule has 0 aromatic heterocycles. The van der Waals surface area contributed by atoms with E-state index in [2.05, 4.69) is 0 Å². The molecule has 0 bridgehead atoms. The monoisotopic (exact) mass is 232 g/mol. The van der Waals surface area contributed by atoms with E-state index in [1.807, 2.05) is 0 Å². The maximum absolute atomic E-state index is 11.8. The molecule has 1 aliphatic rings. The molecule has 1 heterocycles. The fourth-order valence-corrected chi connectivity index (χ4v) is 1.92. The van der Waals surface area contributed by atoms with Crippen LogP contribution in [0.2, 0.25) is 0 Å². The van der Waals surface area contributed by atoms with Crippen molar-refractivity contribution in [3.05, 3.63) is 0 Å². The second-order valence-electron chi connectivity index (χ2n) is 4.08. The van der Waals surface area contributed by atoms with Gasteiger partial charge in [0.2, 0.25) is 11.8 Å². The third-order valence-corrected chi connectivity index (χ3v) is 3.25. The average Bonchev–Trinajstić information content (AvgIpc) is 2.27. The first-order chi connectivity index (χ1) is 7.06. The van der Waals surface area contributed by atoms with E-state index < -0.39 is 0 Å². The molecule has 86 valence electrons. The highest BCUT2D eigenvalue weighted by molar-refractivity contribution is 6.19. The Bertz CT molecular complexity index is 258. The molecule has 2 atom stereocenters. The van der Waals surface area contributed by atoms with Crippen LogP contribution in [-0.2, 0) is 9.59 Å². The Morgan fingerprint density at radius 3 is 2.80 bits per heavy atom. The minimum absolute atomic E-state index is 0.0240. The summed E-state index contributed by atoms with van der Waals surface area (Å²) in [5.41, 5.74) is 5.24. The smallest absolute Gasteiger partial charge is 0.226 e. The summed E-state index contributed by atoms with van der Waals surface area (Å²) in [6.45, 7) is 2.96. The van der Waals surface area contributed by atoms with Gasteiger partial charge in [0.25, 0.3) is 0 Å². The zero-order valence-corrected chi connectivity index (χ0v) is 9.67. The van der Waals surface area contributed by atoms with Crippen LogP contribution in [0.3, 0.4) is 0 Å². The summed E-state index contributed by atoms with van der Waals surface area (Å²) >= 11 is 5.63. The van der Waals surface area contributed by atoms with Gasteiger partial charge in [-0.1, -0.05) is 6.92 Å². The number of nitrogens with zero attached hydrogens (tertiary/aromatic N) is 1. The maximum Gasteiger partial charge on any atom is 0.226 e. The second kappa shape index (κ2) is 5.35. The first-order valence-electron chi connectivity index (χ1n) is 5.20. The molecule has 2 unspecified atom stereocenters. The van der Waals surface area contributed by atoms with Crippen molar-refractivity contribution in [3.8, 4) is 0 Å². The Kier molecular flexibility index (Phi) is 4.39. The molecule has 2 amide bonds. The topological polar surface area (TPSA) is 63.4 Å². The van der Waals surface area contributed by atoms with Gasteiger partial charge in [-0.3, -0.25) is 9.59 Å². The number of carbonyl (C=O) groups excluding carboxylic acids is 2. The van der Waals surface area contributed by atoms with E-state index in [1.54, 1.807) is 11.8 Å². The molecule has 5 heteroatoms. The van der Waals surface area contributed by atoms with Crippen molar-refractivity contribution in [1.29, 1.82) is 0 Å². The highest BCUT2D eigenvalue weighted by atomic mass is 35.5. The Labute approximate surface area is 94.7 Å². The normalized spacial score (nSPS) is 23.6. The zero-order chi connectivity index (χ0) is 11.4. The van der Waals surface area contributed by atoms with Gasteiger partial charge in [-0.15, -0.1) is 11.6 Å². The SMILES string of the molecule is CC(CCl)C(=O)N1CCCC(C(N)=O)C1. The van der Waals surface area contributed by atoms with E-state index in [1.165, 1.54) is 0 Å². The molecule has 1 rings (SSSR count). The molecule has 0 spiro atoms. The first kappa shape index (κ1) is 12.3. The number of halogens is 1. The number of amides is 2. The average molecular weight is 233 g/mol. The largest absolute Gasteiger partial charge is 0.369 e. The van der Waals surface area contributed by atoms with E-state index in [0.717, 1.165) is 12.8 Å². The van der Waals surface area contributed by atoms with Crippen LogP contribution in [0.5, 0.6) is 0 Å². The van der Waals surface area contributed by atoms with Crippen LogP contribution in [0.1, 0.15) is 19.8 Å². The summed E-state index contributed by atoms with van der Waals surface area (Å²) in [6.07, 6.45) is 1.63. The van der Waals surface area contributed by atoms with Gasteiger partial charge in [-0.05, 0) is 12.8 Å². The molecular formula is C10H17ClN2O2. The summed E-state index contributed by atoms with van der Waals surface area (Å²) in [5.74, 6) is -0.346. The van der Waals surface area contributed by atoms with Gasteiger partial charge in [0.05, 0.1) is 5.92 Å². The van der Waals surface area contributed by atoms with Crippen molar-refractivity contribution in [2.75, 3.05) is 19.0 Å². The summed E-state index contributed by atoms with van der Waals surface area (Å²) < 4.78 is 0. The second-order valence-corrected chi connectivity index (χ2v) is 4.39. The predicted octanol–water partition coefficient (Wildman–Crippen LogP) is 0.585. The highest BCUT2D eigenvalue weighted by Crippen LogP contribution is 2.18. The third kappa shape index (κ3) is 3.09. The number of hydrogen-bond acceptors (Lipinski definition) is 2. The molecule has 0 saturated carbocycles. The molecule has 0 radical (unpaired) electrons. The van der Waals surface area contributed by atoms with Crippen molar-refractivity contribution < 1.29 is 9.59 Å². The number of rotatable bonds is 3. The van der Waals surface area contributed by atoms with Gasteiger partial charge >= 0.3 is 0 Å². The molecular weight excluding hydrogens is 216 g/mol. The lowest BCUT2D eigenvalue weighted by molar-refractivity contribution is -0.137. The summed E-state index contributed by atoms with van der Waals surface area (Å²) in [7, 11) is 0. The number of primary amides is 1. The fourth-order valence-electron chi connectivity index (χ4n) is 1.79. The quantitative estimate of drug-likeness (QED) is 0.724. The first-order valence-corrected chi connectivity index (χ1v) is 5.73. The lowest BCUT2D eigenvalue weighted by Gasteiger charge is -2.32. The Hall–Kier alpha value is -0.770. The summed E-state index contributed by atoms with van der Waals surface area (Å²) in [4.78, 5) is 24.5. The molecule has 0 aromatic carbocycles. The summed E-state index contributed by atoms with van der Waals surface area (Å²) in [6, 6.07) is 0. The van der Waals surface area contributed by atoms with Crippen LogP contribution in [0, 0.1) is 11.8 Å². The maximum atomic E-state index is 11.8. The Morgan fingerprint density at radius 1 is 1.60 bits per heavy atom. The number of likely N-dealkylation sites (tertiary alicyclic amines) is 1. The van der Waals surface area contributed by atoms with Crippen LogP contribution in [-0.4, -0.2) is 35.7 Å². The molecule has 2 N–H and O–H groups in total. The van der Waals surface area contributed by atoms with E-state index >= 15 is 0 Å². The van der Waals surface area contributed by atoms with Crippen molar-refractivity contribution in [2.24, 2.45) is 17.6 Å². The van der Waals surface area contributed by atoms with Gasteiger partial charge in [0.15, 0.2) is 0 Å². The van der Waals surface area contributed by atoms with Crippen molar-refractivity contribution >= 4 is 23.4 Å². The molecule has 1 fully saturated rings. The van der Waals surface area contributed by atoms with E-state index in [0.29, 0.717) is 19.0 Å². The lowest BCUT2D eigenvalue weighted by atomic mass is 9.96. The molecule has 0 aliphatic carbocycles. The van der Waals surface area contributed by atoms with E-state index in [-0.39, 0.29) is 23.7 Å². The van der Waals surface area contributed by atoms with Crippen molar-refractivity contribution in [1.82, 2.24) is 4.90 Å². The number of nitrogens with two attached hydrogens (primary N) is 1. The molecule has 1 saturated heterocycles. The Balaban J connectivity index is 2.56. The van der Waals surface area contributed by atoms with Crippen molar-refractivity contribution in [3.63, 3.8) is 0 Å². The van der Waals surface area contributed by atoms with Crippen LogP contribution >= 0.6 is 11.6 Å². The van der Waals surface area contributed by atoms with E-state index in [9.17, 15) is 9.59 Å². The standard InChI is InChI=1S/C10H17ClN2O2/c1-7(5-11)10(15)13-4-2-3-8(6-13)9(12)14/h7-8H,2-6H2,1H3,(H2,12,14). The van der Waals surface area contributed by atoms with Gasteiger partial charge in [0, 0.05) is 24.9 Å². The van der Waals surface area contributed by atoms with E-state index in [4.69, 9.17) is 17.3 Å². The highest BCUT2D eigenvalue weighted by Gasteiger charge is 2.28. The third-order valence-electron chi connectivity index (χ3n) is 2.79. The van der Waals surface area contributed by atoms with Crippen LogP contribution < -0.4 is 5.73 Å². The molecule has 0 aromatic rings. The molecule has 15 heavy (non-hydrogen) atoms. The number of alkyl halides is 1. The Morgan fingerprint density at radius 2 is 2.27 bits per heavy atom. The molecule has 4 nitrogen and oxygen atoms in total. The minimum atomic E-state index is -0.314. The minimum Gasteiger partial charge on any atom is -0.369 e. The van der Waals surface area contributed by atoms with Gasteiger partial charge in [-0.2, -0.15) is 0 Å². The van der Waals surface area contributed by atoms with Crippen LogP contribution in [0.25, 0.3) is 0 Å². The lowest BCUT2D eigenvalue weighted by Crippen LogP contribution is -2.46. The number of carbonyl (C=O) groups is 2. The fraction of sp³-hybridized carbons (Fsp3) is 0.800. The number of piperidine rings is 1. The van der Waals surface area contributed by atoms with Crippen LogP contribution in [0.4, 0.5) is 0 Å². The number of hydrogen-bond donors (Lipinski definition) is 1. The van der Waals surface area contributed by atoms with Crippen molar-refractivity contribution in [2.45, 2.75) is 19.8 Å². The predicted molar refractivity (Wildman–Crippen MR) is 58.4 cm³/mol. The molecule has 1 aliphatic heterocycles. The summed E-state index contributed by atoms with van der Waals surface area (Å²) in [5, 5.41) is 0. The van der Waals surface area contributed by atoms with Gasteiger partial charge < -0.3 is 10.6 Å². The van der Waals surface area contributed by atoms with Gasteiger partial charge in [-0.25, -0.2) is 0 Å². The zero-order valence-electron chi connectivity index (χ0n) is 8.91.